The molecule has 0 bridgehead atoms. The molecule has 368 valence electrons. The number of esters is 3. The summed E-state index contributed by atoms with van der Waals surface area (Å²) in [6.07, 6.45) is 66.1. The number of allylic oxidation sites excluding steroid dienone is 12. The molecule has 0 spiro atoms. The van der Waals surface area contributed by atoms with Crippen molar-refractivity contribution in [3.05, 3.63) is 72.9 Å². The van der Waals surface area contributed by atoms with E-state index in [1.807, 2.05) is 0 Å². The number of hydrogen-bond donors (Lipinski definition) is 0. The third-order valence-electron chi connectivity index (χ3n) is 11.4. The van der Waals surface area contributed by atoms with Gasteiger partial charge < -0.3 is 14.2 Å². The second-order valence-electron chi connectivity index (χ2n) is 17.8. The first-order valence-corrected chi connectivity index (χ1v) is 26.9. The number of unbranched alkanes of at least 4 members (excludes halogenated alkanes) is 25. The van der Waals surface area contributed by atoms with Crippen LogP contribution >= 0.6 is 0 Å². The van der Waals surface area contributed by atoms with Crippen molar-refractivity contribution in [3.8, 4) is 0 Å². The van der Waals surface area contributed by atoms with Crippen LogP contribution in [0.2, 0.25) is 0 Å². The minimum absolute atomic E-state index is 0.116. The van der Waals surface area contributed by atoms with Crippen molar-refractivity contribution in [2.75, 3.05) is 13.2 Å². The van der Waals surface area contributed by atoms with Crippen molar-refractivity contribution in [2.45, 2.75) is 264 Å². The van der Waals surface area contributed by atoms with Gasteiger partial charge in [-0.2, -0.15) is 0 Å². The van der Waals surface area contributed by atoms with Crippen LogP contribution in [0.3, 0.4) is 0 Å². The average molecular weight is 893 g/mol. The molecule has 0 saturated heterocycles. The van der Waals surface area contributed by atoms with Crippen LogP contribution in [0.5, 0.6) is 0 Å². The van der Waals surface area contributed by atoms with Gasteiger partial charge in [-0.1, -0.05) is 229 Å². The summed E-state index contributed by atoms with van der Waals surface area (Å²) in [5.41, 5.74) is 0. The van der Waals surface area contributed by atoms with Gasteiger partial charge in [0.05, 0.1) is 0 Å². The standard InChI is InChI=1S/C58H100O6/c1-4-7-10-13-16-19-22-25-27-29-31-33-36-38-41-44-47-50-56(59)62-53-55(64-58(61)52-49-46-43-40-35-24-21-18-15-12-9-6-3)54-63-57(60)51-48-45-42-39-37-34-32-30-28-26-23-20-17-14-11-8-5-2/h25-28,31-34,38-39,41-42,55H,4-24,29-30,35-37,40,43-54H2,1-3H3/b27-25-,28-26-,33-31-,34-32-,41-38-,42-39-. The fraction of sp³-hybridized carbons (Fsp3) is 0.741. The van der Waals surface area contributed by atoms with Crippen molar-refractivity contribution in [1.29, 1.82) is 0 Å². The molecule has 0 amide bonds. The number of carbonyl (C=O) groups excluding carboxylic acids is 3. The second kappa shape index (κ2) is 52.5. The highest BCUT2D eigenvalue weighted by atomic mass is 16.6. The van der Waals surface area contributed by atoms with Gasteiger partial charge in [0.2, 0.25) is 0 Å². The maximum absolute atomic E-state index is 12.8. The second-order valence-corrected chi connectivity index (χ2v) is 17.8. The van der Waals surface area contributed by atoms with Crippen LogP contribution in [0.25, 0.3) is 0 Å². The molecule has 0 radical (unpaired) electrons. The lowest BCUT2D eigenvalue weighted by Crippen LogP contribution is -2.30. The van der Waals surface area contributed by atoms with E-state index in [4.69, 9.17) is 14.2 Å². The third kappa shape index (κ3) is 49.9. The summed E-state index contributed by atoms with van der Waals surface area (Å²) in [6.45, 7) is 6.54. The zero-order valence-corrected chi connectivity index (χ0v) is 42.0. The van der Waals surface area contributed by atoms with Gasteiger partial charge in [-0.05, 0) is 83.5 Å². The van der Waals surface area contributed by atoms with Crippen LogP contribution in [0.1, 0.15) is 258 Å². The topological polar surface area (TPSA) is 78.9 Å². The van der Waals surface area contributed by atoms with E-state index in [1.165, 1.54) is 148 Å². The summed E-state index contributed by atoms with van der Waals surface area (Å²) in [7, 11) is 0. The van der Waals surface area contributed by atoms with Gasteiger partial charge >= 0.3 is 17.9 Å². The maximum atomic E-state index is 12.8. The van der Waals surface area contributed by atoms with E-state index in [0.29, 0.717) is 19.3 Å². The van der Waals surface area contributed by atoms with Crippen LogP contribution in [-0.2, 0) is 28.6 Å². The molecular formula is C58H100O6. The molecule has 0 aliphatic rings. The number of hydrogen-bond acceptors (Lipinski definition) is 6. The Morgan fingerprint density at radius 3 is 0.922 bits per heavy atom. The molecule has 0 unspecified atom stereocenters. The van der Waals surface area contributed by atoms with Crippen LogP contribution in [0, 0.1) is 0 Å². The molecule has 0 fully saturated rings. The first-order chi connectivity index (χ1) is 31.5. The van der Waals surface area contributed by atoms with Gasteiger partial charge in [0, 0.05) is 19.3 Å². The molecule has 64 heavy (non-hydrogen) atoms. The monoisotopic (exact) mass is 893 g/mol. The summed E-state index contributed by atoms with van der Waals surface area (Å²) >= 11 is 0. The highest BCUT2D eigenvalue weighted by Crippen LogP contribution is 2.14. The van der Waals surface area contributed by atoms with Gasteiger partial charge in [0.25, 0.3) is 0 Å². The van der Waals surface area contributed by atoms with E-state index < -0.39 is 6.10 Å². The lowest BCUT2D eigenvalue weighted by molar-refractivity contribution is -0.167. The van der Waals surface area contributed by atoms with Crippen LogP contribution in [0.15, 0.2) is 72.9 Å². The summed E-state index contributed by atoms with van der Waals surface area (Å²) in [5.74, 6) is -1.01. The Balaban J connectivity index is 4.50. The van der Waals surface area contributed by atoms with Crippen LogP contribution in [0.4, 0.5) is 0 Å². The minimum atomic E-state index is -0.813. The minimum Gasteiger partial charge on any atom is -0.462 e. The van der Waals surface area contributed by atoms with Crippen molar-refractivity contribution in [2.24, 2.45) is 0 Å². The molecule has 0 heterocycles. The van der Waals surface area contributed by atoms with Gasteiger partial charge in [0.1, 0.15) is 13.2 Å². The predicted molar refractivity (Wildman–Crippen MR) is 274 cm³/mol. The molecule has 6 nitrogen and oxygen atoms in total. The molecule has 0 saturated carbocycles. The molecule has 0 aromatic heterocycles. The molecule has 0 N–H and O–H groups in total. The van der Waals surface area contributed by atoms with Crippen molar-refractivity contribution < 1.29 is 28.6 Å². The van der Waals surface area contributed by atoms with Crippen LogP contribution in [-0.4, -0.2) is 37.2 Å². The Morgan fingerprint density at radius 2 is 0.578 bits per heavy atom. The molecule has 0 aromatic rings. The zero-order chi connectivity index (χ0) is 46.5. The average Bonchev–Trinajstić information content (AvgIpc) is 3.29. The molecule has 0 rings (SSSR count). The first-order valence-electron chi connectivity index (χ1n) is 26.9. The maximum Gasteiger partial charge on any atom is 0.306 e. The van der Waals surface area contributed by atoms with E-state index in [1.54, 1.807) is 0 Å². The van der Waals surface area contributed by atoms with E-state index >= 15 is 0 Å². The quantitative estimate of drug-likeness (QED) is 0.0262. The molecule has 0 aromatic carbocycles. The molecular weight excluding hydrogens is 793 g/mol. The number of carbonyl (C=O) groups is 3. The summed E-state index contributed by atoms with van der Waals surface area (Å²) in [4.78, 5) is 38.0. The van der Waals surface area contributed by atoms with E-state index in [2.05, 4.69) is 93.7 Å². The zero-order valence-electron chi connectivity index (χ0n) is 42.0. The van der Waals surface area contributed by atoms with E-state index in [0.717, 1.165) is 57.8 Å². The Morgan fingerprint density at radius 1 is 0.312 bits per heavy atom. The normalized spacial score (nSPS) is 12.2. The summed E-state index contributed by atoms with van der Waals surface area (Å²) in [5, 5.41) is 0. The first kappa shape index (κ1) is 60.9. The van der Waals surface area contributed by atoms with Gasteiger partial charge in [0.15, 0.2) is 6.10 Å². The lowest BCUT2D eigenvalue weighted by atomic mass is 10.0. The number of ether oxygens (including phenoxy) is 3. The fourth-order valence-corrected chi connectivity index (χ4v) is 7.36. The summed E-state index contributed by atoms with van der Waals surface area (Å²) in [6, 6.07) is 0. The Hall–Kier alpha value is -3.15. The number of rotatable bonds is 48. The highest BCUT2D eigenvalue weighted by molar-refractivity contribution is 5.71. The van der Waals surface area contributed by atoms with E-state index in [-0.39, 0.29) is 44.0 Å². The highest BCUT2D eigenvalue weighted by Gasteiger charge is 2.19. The Bertz CT molecular complexity index is 1140. The molecule has 0 atom stereocenters. The van der Waals surface area contributed by atoms with Crippen LogP contribution < -0.4 is 0 Å². The van der Waals surface area contributed by atoms with Crippen molar-refractivity contribution >= 4 is 17.9 Å². The van der Waals surface area contributed by atoms with Gasteiger partial charge in [-0.3, -0.25) is 14.4 Å². The van der Waals surface area contributed by atoms with E-state index in [9.17, 15) is 14.4 Å². The Labute approximate surface area is 395 Å². The van der Waals surface area contributed by atoms with Gasteiger partial charge in [-0.15, -0.1) is 0 Å². The molecule has 0 aliphatic heterocycles. The smallest absolute Gasteiger partial charge is 0.306 e. The lowest BCUT2D eigenvalue weighted by Gasteiger charge is -2.18. The summed E-state index contributed by atoms with van der Waals surface area (Å²) < 4.78 is 16.7. The molecule has 6 heteroatoms. The van der Waals surface area contributed by atoms with Crippen molar-refractivity contribution in [3.63, 3.8) is 0 Å². The van der Waals surface area contributed by atoms with Gasteiger partial charge in [-0.25, -0.2) is 0 Å². The predicted octanol–water partition coefficient (Wildman–Crippen LogP) is 17.8. The Kier molecular flexibility index (Phi) is 49.9. The largest absolute Gasteiger partial charge is 0.462 e. The third-order valence-corrected chi connectivity index (χ3v) is 11.4. The molecule has 0 aliphatic carbocycles. The van der Waals surface area contributed by atoms with Crippen molar-refractivity contribution in [1.82, 2.24) is 0 Å². The fourth-order valence-electron chi connectivity index (χ4n) is 7.36. The SMILES string of the molecule is CCCCCCCC/C=C\C/C=C\C/C=C\CCCC(=O)OCC(COC(=O)CCC/C=C\C/C=C\C/C=C\CCCCCCCC)OC(=O)CCCCCCCCCCCCCC.